The minimum atomic E-state index is -1.72. The van der Waals surface area contributed by atoms with Crippen molar-refractivity contribution in [3.05, 3.63) is 182 Å². The maximum Gasteiger partial charge on any atom is 0.643 e. The van der Waals surface area contributed by atoms with Crippen LogP contribution in [-0.2, 0) is 47.5 Å². The van der Waals surface area contributed by atoms with Crippen molar-refractivity contribution in [2.45, 2.75) is 106 Å². The van der Waals surface area contributed by atoms with Crippen LogP contribution in [0.4, 0.5) is 17.8 Å². The molecule has 586 valence electrons. The number of nitrogens with two attached hydrogens (primary N) is 3. The molecular weight excluding hydrogens is 1810 g/mol. The van der Waals surface area contributed by atoms with Crippen molar-refractivity contribution in [3.63, 3.8) is 0 Å². The molecule has 15 aromatic heterocycles. The number of halogens is 8. The molecule has 0 aromatic carbocycles. The topological polar surface area (TPSA) is 387 Å². The second-order valence-electron chi connectivity index (χ2n) is 25.6. The van der Waals surface area contributed by atoms with Gasteiger partial charge in [0.15, 0.2) is 0 Å². The van der Waals surface area contributed by atoms with Crippen molar-refractivity contribution < 1.29 is 18.9 Å². The van der Waals surface area contributed by atoms with E-state index in [-0.39, 0.29) is 30.1 Å². The number of nitrogens with one attached hydrogen (secondary N) is 5. The molecule has 16 heterocycles. The molecule has 1 aliphatic rings. The van der Waals surface area contributed by atoms with Crippen molar-refractivity contribution in [2.75, 3.05) is 17.2 Å². The highest BCUT2D eigenvalue weighted by Gasteiger charge is 2.52. The number of hydrogen-bond acceptors (Lipinski definition) is 20. The molecule has 15 aromatic rings. The lowest BCUT2D eigenvalue weighted by atomic mass is 9.82. The molecule has 0 bridgehead atoms. The van der Waals surface area contributed by atoms with E-state index in [1.807, 2.05) is 175 Å². The van der Waals surface area contributed by atoms with Gasteiger partial charge in [-0.15, -0.1) is 0 Å². The SMILES string of the molecule is Brc1cnc2[nH]ccc2c1.CCC#CC(=O)Cl.CCC#CC(=O)c1c[nH]c2ncc(Br)cc12.CCc1cc(-c2c[nH]c3ncc(-c4cnn(C)c4)cc23)nc(N)n1.CCc1cc(-c2c[nH]c3ncc(Br)cc23)nc(N)n1.CCc1cc(-c2c[nH]c3ncc(Br)cc23)nc(N)n1.Cn1cc(B2OC(C)(C)C(C)(C)O2)cn1.[Cl][Al]([Cl])[Cl]. The minimum Gasteiger partial charge on any atom is -0.399 e. The zero-order valence-electron chi connectivity index (χ0n) is 63.6. The first-order valence-electron chi connectivity index (χ1n) is 35.2. The summed E-state index contributed by atoms with van der Waals surface area (Å²) in [5.41, 5.74) is 32.6. The van der Waals surface area contributed by atoms with Crippen LogP contribution in [-0.4, -0.2) is 140 Å². The third-order valence-electron chi connectivity index (χ3n) is 17.0. The van der Waals surface area contributed by atoms with Gasteiger partial charge in [0.2, 0.25) is 23.6 Å². The highest BCUT2D eigenvalue weighted by atomic mass is 79.9. The summed E-state index contributed by atoms with van der Waals surface area (Å²) in [7, 11) is 18.3. The molecule has 37 heteroatoms. The number of Topliss-reactive ketones (excluding diaryl/α,β-unsaturated/α-hetero) is 1. The van der Waals surface area contributed by atoms with Crippen LogP contribution in [0.3, 0.4) is 0 Å². The molecule has 1 saturated heterocycles. The average molecular weight is 1890 g/mol. The van der Waals surface area contributed by atoms with Gasteiger partial charge in [0.05, 0.1) is 40.0 Å². The molecule has 0 radical (unpaired) electrons. The highest BCUT2D eigenvalue weighted by molar-refractivity contribution is 9.11. The number of anilines is 3. The number of pyridine rings is 5. The standard InChI is InChI=1S/C17H17N7.2C13H12BrN5.C12H9BrN2O.C10H17BN2O2.C7H5BrN2.C5H5ClO.Al.3ClH/c1-3-12-5-15(23-17(18)22-12)14-8-20-16-13(14)4-10(6-19-16)11-7-21-24(2)9-11;2*1-2-8-4-11(19-13(15)18-8)10-6-17-12-9(10)3-7(14)5-16-12;1-2-3-4-11(16)10-7-15-12-9(10)5-8(13)6-14-12;1-9(2)10(3,4)15-11(14-9)8-6-12-13(5)7-8;8-6-3-5-1-2-9-7(5)10-4-6;1-2-3-4-5(6)7;;;;/h4-9H,3H2,1-2H3,(H,19,20)(H2,18,22,23);2*3-6H,2H2,1H3,(H,16,17)(H2,15,18,19);5-7H,2H2,1H3,(H,14,15);6-7H,1-5H3;1-4H,(H,9,10);2H2,1H3;;3*1H/q;;;;;;;+3;;;/p-3. The van der Waals surface area contributed by atoms with E-state index >= 15 is 0 Å². The number of nitrogens with zero attached hydrogens (tertiary/aromatic N) is 15. The third-order valence-corrected chi connectivity index (χ3v) is 18.8. The number of aryl methyl sites for hydroxylation is 5. The summed E-state index contributed by atoms with van der Waals surface area (Å²) in [6.45, 7) is 18.1. The van der Waals surface area contributed by atoms with Gasteiger partial charge in [-0.1, -0.05) is 46.5 Å². The fourth-order valence-corrected chi connectivity index (χ4v) is 12.3. The molecule has 0 amide bonds. The zero-order valence-corrected chi connectivity index (χ0v) is 74.1. The summed E-state index contributed by atoms with van der Waals surface area (Å²) in [6.07, 6.45) is 29.3. The lowest BCUT2D eigenvalue weighted by Gasteiger charge is -2.32. The predicted molar refractivity (Wildman–Crippen MR) is 471 cm³/mol. The van der Waals surface area contributed by atoms with Crippen molar-refractivity contribution in [2.24, 2.45) is 14.1 Å². The van der Waals surface area contributed by atoms with E-state index in [0.717, 1.165) is 154 Å². The van der Waals surface area contributed by atoms with E-state index in [1.54, 1.807) is 46.5 Å². The van der Waals surface area contributed by atoms with Crippen molar-refractivity contribution in [1.29, 1.82) is 0 Å². The molecule has 27 nitrogen and oxygen atoms in total. The Morgan fingerprint density at radius 3 is 1.31 bits per heavy atom. The van der Waals surface area contributed by atoms with E-state index in [9.17, 15) is 9.59 Å². The molecule has 16 rings (SSSR count). The number of aromatic nitrogens is 20. The summed E-state index contributed by atoms with van der Waals surface area (Å²) in [5, 5.41) is 12.7. The first-order valence-corrected chi connectivity index (χ1v) is 44.0. The van der Waals surface area contributed by atoms with Crippen LogP contribution in [0.25, 0.3) is 100 Å². The van der Waals surface area contributed by atoms with Crippen molar-refractivity contribution in [3.8, 4) is 68.6 Å². The van der Waals surface area contributed by atoms with Gasteiger partial charge in [0, 0.05) is 203 Å². The highest BCUT2D eigenvalue weighted by Crippen LogP contribution is 2.37. The average Bonchev–Trinajstić information content (AvgIpc) is 1.62. The Labute approximate surface area is 712 Å². The molecular formula is C77H77AlBBr4Cl4N23O4. The summed E-state index contributed by atoms with van der Waals surface area (Å²) in [6, 6.07) is 17.9. The van der Waals surface area contributed by atoms with Crippen LogP contribution in [0.1, 0.15) is 103 Å². The second-order valence-corrected chi connectivity index (χ2v) is 36.1. The number of nitrogen functional groups attached to an aromatic ring is 3. The largest absolute Gasteiger partial charge is 0.643 e. The number of carbonyl (C=O) groups excluding carboxylic acids is 2. The maximum absolute atomic E-state index is 11.8. The Kier molecular flexibility index (Phi) is 32.0. The second kappa shape index (κ2) is 41.2. The van der Waals surface area contributed by atoms with E-state index < -0.39 is 16.6 Å². The van der Waals surface area contributed by atoms with Crippen LogP contribution in [0.15, 0.2) is 159 Å². The van der Waals surface area contributed by atoms with Crippen LogP contribution in [0, 0.1) is 23.7 Å². The molecule has 1 aliphatic heterocycles. The van der Waals surface area contributed by atoms with Crippen molar-refractivity contribution in [1.82, 2.24) is 99.3 Å². The lowest BCUT2D eigenvalue weighted by Crippen LogP contribution is -2.41. The number of carbonyl (C=O) groups is 2. The Morgan fingerprint density at radius 1 is 0.500 bits per heavy atom. The van der Waals surface area contributed by atoms with Gasteiger partial charge in [-0.3, -0.25) is 19.0 Å². The molecule has 0 atom stereocenters. The smallest absolute Gasteiger partial charge is 0.399 e. The zero-order chi connectivity index (χ0) is 82.6. The first kappa shape index (κ1) is 88.5. The number of H-pyrrole nitrogens is 5. The summed E-state index contributed by atoms with van der Waals surface area (Å²) < 4.78 is 19.0. The number of ketones is 1. The molecule has 0 spiro atoms. The molecule has 114 heavy (non-hydrogen) atoms. The predicted octanol–water partition coefficient (Wildman–Crippen LogP) is 17.2. The Hall–Kier alpha value is -9.43. The number of rotatable bonds is 9. The molecule has 0 unspecified atom stereocenters. The van der Waals surface area contributed by atoms with E-state index in [0.29, 0.717) is 35.9 Å². The molecule has 0 aliphatic carbocycles. The molecule has 0 saturated carbocycles. The summed E-state index contributed by atoms with van der Waals surface area (Å²) in [4.78, 5) is 84.0. The van der Waals surface area contributed by atoms with Gasteiger partial charge >= 0.3 is 18.5 Å². The quantitative estimate of drug-likeness (QED) is 0.0219. The van der Waals surface area contributed by atoms with E-state index in [2.05, 4.69) is 183 Å². The van der Waals surface area contributed by atoms with Crippen LogP contribution >= 0.6 is 105 Å². The maximum atomic E-state index is 11.8. The summed E-state index contributed by atoms with van der Waals surface area (Å²) in [5.74, 6) is 10.8. The normalized spacial score (nSPS) is 12.1. The first-order chi connectivity index (χ1) is 54.4. The van der Waals surface area contributed by atoms with Gasteiger partial charge in [-0.2, -0.15) is 10.2 Å². The summed E-state index contributed by atoms with van der Waals surface area (Å²) >= 11 is 16.7. The molecule has 11 N–H and O–H groups in total. The van der Waals surface area contributed by atoms with Crippen LogP contribution in [0.5, 0.6) is 0 Å². The fraction of sp³-hybridized carbons (Fsp3) is 0.234. The third kappa shape index (κ3) is 24.3. The van der Waals surface area contributed by atoms with Gasteiger partial charge in [-0.25, -0.2) is 85.0 Å². The van der Waals surface area contributed by atoms with E-state index in [4.69, 9.17) is 68.3 Å². The fourth-order valence-electron chi connectivity index (χ4n) is 10.8. The van der Waals surface area contributed by atoms with Crippen molar-refractivity contribution >= 4 is 213 Å². The van der Waals surface area contributed by atoms with Gasteiger partial charge in [0.25, 0.3) is 5.24 Å². The van der Waals surface area contributed by atoms with Gasteiger partial charge in [-0.05, 0) is 189 Å². The number of hydrogen-bond donors (Lipinski definition) is 8. The lowest BCUT2D eigenvalue weighted by molar-refractivity contribution is -0.107. The minimum absolute atomic E-state index is 0.173. The van der Waals surface area contributed by atoms with Crippen LogP contribution < -0.4 is 22.7 Å². The number of fused-ring (bicyclic) bond motifs is 5. The monoisotopic (exact) mass is 1880 g/mol. The van der Waals surface area contributed by atoms with Crippen LogP contribution in [0.2, 0.25) is 0 Å². The Balaban J connectivity index is 0.000000154. The molecule has 1 fully saturated rings. The Morgan fingerprint density at radius 2 is 0.895 bits per heavy atom. The number of aromatic amines is 5. The Bertz CT molecular complexity index is 5840. The van der Waals surface area contributed by atoms with E-state index in [1.165, 1.54) is 0 Å². The van der Waals surface area contributed by atoms with Gasteiger partial charge in [0.1, 0.15) is 28.2 Å². The van der Waals surface area contributed by atoms with Gasteiger partial charge < -0.3 is 51.4 Å².